The van der Waals surface area contributed by atoms with Crippen LogP contribution in [0.15, 0.2) is 5.16 Å². The number of hydrogen-bond acceptors (Lipinski definition) is 3. The summed E-state index contributed by atoms with van der Waals surface area (Å²) in [4.78, 5) is 0. The van der Waals surface area contributed by atoms with Gasteiger partial charge in [-0.15, -0.1) is 0 Å². The number of ether oxygens (including phenoxy) is 1. The van der Waals surface area contributed by atoms with Crippen molar-refractivity contribution in [3.8, 4) is 0 Å². The highest BCUT2D eigenvalue weighted by atomic mass is 16.5. The molecule has 0 bridgehead atoms. The first kappa shape index (κ1) is 7.23. The van der Waals surface area contributed by atoms with Gasteiger partial charge in [-0.05, 0) is 6.92 Å². The van der Waals surface area contributed by atoms with Gasteiger partial charge < -0.3 is 15.7 Å². The first-order valence-electron chi connectivity index (χ1n) is 2.35. The molecule has 0 aliphatic rings. The second kappa shape index (κ2) is 4.39. The maximum absolute atomic E-state index is 7.94. The smallest absolute Gasteiger partial charge is 0.165 e. The summed E-state index contributed by atoms with van der Waals surface area (Å²) >= 11 is 0. The van der Waals surface area contributed by atoms with Crippen LogP contribution in [0, 0.1) is 0 Å². The molecular formula is C4H10N2O2. The van der Waals surface area contributed by atoms with Crippen molar-refractivity contribution in [3.63, 3.8) is 0 Å². The second-order valence-electron chi connectivity index (χ2n) is 1.23. The molecule has 0 spiro atoms. The second-order valence-corrected chi connectivity index (χ2v) is 1.23. The molecule has 0 rings (SSSR count). The standard InChI is InChI=1S/C4H10N2O2/c1-2-8-3-4(5)6-7/h7H,2-3H2,1H3,(H2,5,6). The quantitative estimate of drug-likeness (QED) is 0.233. The van der Waals surface area contributed by atoms with E-state index in [0.717, 1.165) is 0 Å². The fourth-order valence-corrected chi connectivity index (χ4v) is 0.235. The molecule has 0 aromatic rings. The van der Waals surface area contributed by atoms with E-state index >= 15 is 0 Å². The van der Waals surface area contributed by atoms with Crippen LogP contribution in [0.1, 0.15) is 6.92 Å². The third kappa shape index (κ3) is 3.42. The van der Waals surface area contributed by atoms with Crippen LogP contribution in [0.3, 0.4) is 0 Å². The lowest BCUT2D eigenvalue weighted by Gasteiger charge is -1.95. The van der Waals surface area contributed by atoms with E-state index < -0.39 is 0 Å². The summed E-state index contributed by atoms with van der Waals surface area (Å²) in [5, 5.41) is 10.6. The molecule has 0 aliphatic carbocycles. The van der Waals surface area contributed by atoms with Gasteiger partial charge in [0, 0.05) is 6.61 Å². The van der Waals surface area contributed by atoms with E-state index in [1.165, 1.54) is 0 Å². The van der Waals surface area contributed by atoms with Gasteiger partial charge in [0.15, 0.2) is 5.84 Å². The van der Waals surface area contributed by atoms with Crippen LogP contribution in [0.2, 0.25) is 0 Å². The predicted molar refractivity (Wildman–Crippen MR) is 29.9 cm³/mol. The van der Waals surface area contributed by atoms with E-state index in [2.05, 4.69) is 5.16 Å². The minimum absolute atomic E-state index is 0.104. The normalized spacial score (nSPS) is 11.9. The van der Waals surface area contributed by atoms with Crippen LogP contribution < -0.4 is 5.73 Å². The number of oxime groups is 1. The molecule has 8 heavy (non-hydrogen) atoms. The van der Waals surface area contributed by atoms with E-state index in [4.69, 9.17) is 15.7 Å². The van der Waals surface area contributed by atoms with Crippen LogP contribution in [0.25, 0.3) is 0 Å². The van der Waals surface area contributed by atoms with Crippen molar-refractivity contribution in [2.45, 2.75) is 6.92 Å². The van der Waals surface area contributed by atoms with Crippen molar-refractivity contribution in [2.24, 2.45) is 10.9 Å². The minimum atomic E-state index is 0.104. The van der Waals surface area contributed by atoms with E-state index in [1.54, 1.807) is 0 Å². The highest BCUT2D eigenvalue weighted by molar-refractivity contribution is 5.80. The maximum atomic E-state index is 7.94. The van der Waals surface area contributed by atoms with Gasteiger partial charge in [-0.25, -0.2) is 0 Å². The first-order valence-corrected chi connectivity index (χ1v) is 2.35. The van der Waals surface area contributed by atoms with Gasteiger partial charge >= 0.3 is 0 Å². The molecule has 0 fully saturated rings. The molecule has 3 N–H and O–H groups in total. The molecule has 4 nitrogen and oxygen atoms in total. The number of nitrogens with zero attached hydrogens (tertiary/aromatic N) is 1. The van der Waals surface area contributed by atoms with Gasteiger partial charge in [0.05, 0.1) is 0 Å². The third-order valence-corrected chi connectivity index (χ3v) is 0.583. The minimum Gasteiger partial charge on any atom is -0.409 e. The van der Waals surface area contributed by atoms with Crippen LogP contribution in [-0.4, -0.2) is 24.3 Å². The molecule has 0 amide bonds. The molecule has 0 heterocycles. The van der Waals surface area contributed by atoms with Crippen molar-refractivity contribution >= 4 is 5.84 Å². The van der Waals surface area contributed by atoms with E-state index in [-0.39, 0.29) is 12.4 Å². The Hall–Kier alpha value is -0.770. The topological polar surface area (TPSA) is 67.8 Å². The SMILES string of the molecule is CCOCC(N)=NO. The molecule has 0 aromatic carbocycles. The van der Waals surface area contributed by atoms with Gasteiger partial charge in [0.2, 0.25) is 0 Å². The Morgan fingerprint density at radius 2 is 2.50 bits per heavy atom. The monoisotopic (exact) mass is 118 g/mol. The number of rotatable bonds is 3. The van der Waals surface area contributed by atoms with Gasteiger partial charge in [-0.2, -0.15) is 0 Å². The van der Waals surface area contributed by atoms with Crippen molar-refractivity contribution in [2.75, 3.05) is 13.2 Å². The molecule has 0 aliphatic heterocycles. The molecule has 0 radical (unpaired) electrons. The molecule has 4 heteroatoms. The fraction of sp³-hybridized carbons (Fsp3) is 0.750. The molecule has 0 saturated carbocycles. The highest BCUT2D eigenvalue weighted by Crippen LogP contribution is 1.71. The lowest BCUT2D eigenvalue weighted by Crippen LogP contribution is -2.18. The lowest BCUT2D eigenvalue weighted by molar-refractivity contribution is 0.183. The van der Waals surface area contributed by atoms with Crippen molar-refractivity contribution < 1.29 is 9.94 Å². The van der Waals surface area contributed by atoms with Crippen LogP contribution in [0.5, 0.6) is 0 Å². The summed E-state index contributed by atoms with van der Waals surface area (Å²) in [6.45, 7) is 2.62. The zero-order chi connectivity index (χ0) is 6.41. The number of nitrogens with two attached hydrogens (primary N) is 1. The van der Waals surface area contributed by atoms with E-state index in [9.17, 15) is 0 Å². The van der Waals surface area contributed by atoms with E-state index in [1.807, 2.05) is 6.92 Å². The Balaban J connectivity index is 3.12. The van der Waals surface area contributed by atoms with Crippen molar-refractivity contribution in [3.05, 3.63) is 0 Å². The van der Waals surface area contributed by atoms with Crippen LogP contribution in [0.4, 0.5) is 0 Å². The van der Waals surface area contributed by atoms with E-state index in [0.29, 0.717) is 6.61 Å². The molecule has 0 aromatic heterocycles. The molecular weight excluding hydrogens is 108 g/mol. The zero-order valence-corrected chi connectivity index (χ0v) is 4.79. The van der Waals surface area contributed by atoms with Gasteiger partial charge in [-0.1, -0.05) is 5.16 Å². The Kier molecular flexibility index (Phi) is 3.97. The highest BCUT2D eigenvalue weighted by Gasteiger charge is 1.87. The summed E-state index contributed by atoms with van der Waals surface area (Å²) in [6.07, 6.45) is 0. The van der Waals surface area contributed by atoms with Gasteiger partial charge in [-0.3, -0.25) is 0 Å². The maximum Gasteiger partial charge on any atom is 0.165 e. The lowest BCUT2D eigenvalue weighted by atomic mass is 10.6. The average molecular weight is 118 g/mol. The summed E-state index contributed by atoms with van der Waals surface area (Å²) < 4.78 is 4.77. The summed E-state index contributed by atoms with van der Waals surface area (Å²) in [5.41, 5.74) is 5.03. The molecule has 0 saturated heterocycles. The van der Waals surface area contributed by atoms with Crippen LogP contribution in [-0.2, 0) is 4.74 Å². The number of hydrogen-bond donors (Lipinski definition) is 2. The third-order valence-electron chi connectivity index (χ3n) is 0.583. The van der Waals surface area contributed by atoms with Crippen molar-refractivity contribution in [1.29, 1.82) is 0 Å². The van der Waals surface area contributed by atoms with Gasteiger partial charge in [0.1, 0.15) is 6.61 Å². The van der Waals surface area contributed by atoms with Crippen molar-refractivity contribution in [1.82, 2.24) is 0 Å². The Morgan fingerprint density at radius 3 is 2.88 bits per heavy atom. The number of amidine groups is 1. The Morgan fingerprint density at radius 1 is 1.88 bits per heavy atom. The molecule has 0 atom stereocenters. The van der Waals surface area contributed by atoms with Gasteiger partial charge in [0.25, 0.3) is 0 Å². The molecule has 0 unspecified atom stereocenters. The summed E-state index contributed by atoms with van der Waals surface area (Å²) in [6, 6.07) is 0. The zero-order valence-electron chi connectivity index (χ0n) is 4.79. The van der Waals surface area contributed by atoms with Crippen LogP contribution >= 0.6 is 0 Å². The molecule has 48 valence electrons. The largest absolute Gasteiger partial charge is 0.409 e. The summed E-state index contributed by atoms with van der Waals surface area (Å²) in [7, 11) is 0. The first-order chi connectivity index (χ1) is 3.81. The predicted octanol–water partition coefficient (Wildman–Crippen LogP) is -0.231. The Bertz CT molecular complexity index is 82.1. The average Bonchev–Trinajstić information content (AvgIpc) is 1.83. The summed E-state index contributed by atoms with van der Waals surface area (Å²) in [5.74, 6) is 0.104. The fourth-order valence-electron chi connectivity index (χ4n) is 0.235. The Labute approximate surface area is 47.9 Å².